The first-order valence-corrected chi connectivity index (χ1v) is 8.46. The molecule has 0 heterocycles. The van der Waals surface area contributed by atoms with Crippen LogP contribution in [0.5, 0.6) is 11.5 Å². The molecule has 1 atom stereocenters. The van der Waals surface area contributed by atoms with Crippen molar-refractivity contribution in [1.82, 2.24) is 0 Å². The first-order valence-electron chi connectivity index (χ1n) is 8.46. The largest absolute Gasteiger partial charge is 0.497 e. The van der Waals surface area contributed by atoms with Crippen LogP contribution in [0.2, 0.25) is 0 Å². The van der Waals surface area contributed by atoms with Gasteiger partial charge in [-0.2, -0.15) is 0 Å². The van der Waals surface area contributed by atoms with Gasteiger partial charge in [0.15, 0.2) is 6.10 Å². The van der Waals surface area contributed by atoms with Gasteiger partial charge < -0.3 is 19.5 Å². The number of nitrogens with one attached hydrogen (secondary N) is 1. The van der Waals surface area contributed by atoms with E-state index in [1.165, 1.54) is 0 Å². The summed E-state index contributed by atoms with van der Waals surface area (Å²) in [5.41, 5.74) is 0.703. The minimum Gasteiger partial charge on any atom is -0.497 e. The Kier molecular flexibility index (Phi) is 7.02. The van der Waals surface area contributed by atoms with Crippen LogP contribution in [0.3, 0.4) is 0 Å². The summed E-state index contributed by atoms with van der Waals surface area (Å²) in [5.74, 6) is 0.456. The molecule has 1 amide bonds. The van der Waals surface area contributed by atoms with Gasteiger partial charge >= 0.3 is 5.97 Å². The molecule has 0 saturated carbocycles. The number of carbonyl (C=O) groups excluding carboxylic acids is 2. The molecule has 0 aromatic heterocycles. The molecule has 1 N–H and O–H groups in total. The van der Waals surface area contributed by atoms with Crippen LogP contribution in [0, 0.1) is 0 Å². The second-order valence-corrected chi connectivity index (χ2v) is 5.45. The van der Waals surface area contributed by atoms with Crippen molar-refractivity contribution in [2.45, 2.75) is 26.4 Å². The second kappa shape index (κ2) is 9.46. The van der Waals surface area contributed by atoms with Crippen LogP contribution in [0.25, 0.3) is 0 Å². The number of rotatable bonds is 8. The number of hydrogen-bond donors (Lipinski definition) is 1. The smallest absolute Gasteiger partial charge is 0.340 e. The fourth-order valence-electron chi connectivity index (χ4n) is 2.33. The Hall–Kier alpha value is -3.02. The molecule has 0 aliphatic rings. The lowest BCUT2D eigenvalue weighted by molar-refractivity contribution is -0.122. The first kappa shape index (κ1) is 19.3. The minimum atomic E-state index is -0.696. The molecule has 138 valence electrons. The number of methoxy groups -OCH3 is 1. The van der Waals surface area contributed by atoms with Crippen LogP contribution in [0.4, 0.5) is 5.69 Å². The fraction of sp³-hybridized carbons (Fsp3) is 0.300. The van der Waals surface area contributed by atoms with E-state index in [1.807, 2.05) is 6.92 Å². The normalized spacial score (nSPS) is 11.3. The van der Waals surface area contributed by atoms with Crippen LogP contribution in [-0.4, -0.2) is 31.7 Å². The first-order chi connectivity index (χ1) is 12.6. The maximum Gasteiger partial charge on any atom is 0.340 e. The summed E-state index contributed by atoms with van der Waals surface area (Å²) in [7, 11) is 1.58. The molecule has 1 unspecified atom stereocenters. The molecule has 2 rings (SSSR count). The molecule has 0 spiro atoms. The van der Waals surface area contributed by atoms with E-state index in [0.29, 0.717) is 29.2 Å². The number of benzene rings is 2. The van der Waals surface area contributed by atoms with E-state index in [-0.39, 0.29) is 12.5 Å². The van der Waals surface area contributed by atoms with Crippen molar-refractivity contribution in [1.29, 1.82) is 0 Å². The van der Waals surface area contributed by atoms with Crippen LogP contribution in [0.1, 0.15) is 30.6 Å². The Balaban J connectivity index is 2.10. The zero-order valence-electron chi connectivity index (χ0n) is 15.2. The van der Waals surface area contributed by atoms with Crippen molar-refractivity contribution in [3.63, 3.8) is 0 Å². The summed E-state index contributed by atoms with van der Waals surface area (Å²) in [4.78, 5) is 24.6. The quantitative estimate of drug-likeness (QED) is 0.730. The summed E-state index contributed by atoms with van der Waals surface area (Å²) in [6, 6.07) is 13.7. The van der Waals surface area contributed by atoms with Crippen LogP contribution >= 0.6 is 0 Å². The average molecular weight is 357 g/mol. The molecule has 0 aliphatic heterocycles. The Morgan fingerprint density at radius 2 is 1.65 bits per heavy atom. The molecule has 2 aromatic rings. The molecule has 6 heteroatoms. The van der Waals surface area contributed by atoms with Crippen LogP contribution in [-0.2, 0) is 9.53 Å². The van der Waals surface area contributed by atoms with Crippen LogP contribution in [0.15, 0.2) is 48.5 Å². The van der Waals surface area contributed by atoms with Gasteiger partial charge in [0, 0.05) is 0 Å². The Bertz CT molecular complexity index is 742. The van der Waals surface area contributed by atoms with Crippen molar-refractivity contribution in [3.05, 3.63) is 54.1 Å². The number of amides is 1. The SMILES string of the molecule is CCOC(=O)c1ccccc1NC(=O)C(CC)Oc1ccc(OC)cc1. The lowest BCUT2D eigenvalue weighted by atomic mass is 10.1. The molecular weight excluding hydrogens is 334 g/mol. The lowest BCUT2D eigenvalue weighted by Crippen LogP contribution is -2.33. The van der Waals surface area contributed by atoms with E-state index in [1.54, 1.807) is 62.6 Å². The van der Waals surface area contributed by atoms with Gasteiger partial charge in [0.1, 0.15) is 11.5 Å². The number of para-hydroxylation sites is 1. The highest BCUT2D eigenvalue weighted by atomic mass is 16.5. The number of hydrogen-bond acceptors (Lipinski definition) is 5. The second-order valence-electron chi connectivity index (χ2n) is 5.45. The van der Waals surface area contributed by atoms with E-state index in [4.69, 9.17) is 14.2 Å². The predicted octanol–water partition coefficient (Wildman–Crippen LogP) is 3.67. The molecule has 0 aliphatic carbocycles. The Labute approximate surface area is 153 Å². The van der Waals surface area contributed by atoms with Gasteiger partial charge in [0.05, 0.1) is 25.0 Å². The zero-order chi connectivity index (χ0) is 18.9. The molecule has 0 fully saturated rings. The van der Waals surface area contributed by atoms with Crippen molar-refractivity contribution in [3.8, 4) is 11.5 Å². The maximum atomic E-state index is 12.6. The fourth-order valence-corrected chi connectivity index (χ4v) is 2.33. The predicted molar refractivity (Wildman–Crippen MR) is 98.7 cm³/mol. The number of carbonyl (C=O) groups is 2. The van der Waals surface area contributed by atoms with Gasteiger partial charge in [-0.05, 0) is 49.7 Å². The summed E-state index contributed by atoms with van der Waals surface area (Å²) >= 11 is 0. The van der Waals surface area contributed by atoms with Gasteiger partial charge in [0.2, 0.25) is 0 Å². The molecule has 0 radical (unpaired) electrons. The van der Waals surface area contributed by atoms with Gasteiger partial charge in [-0.15, -0.1) is 0 Å². The summed E-state index contributed by atoms with van der Waals surface area (Å²) in [6.45, 7) is 3.85. The monoisotopic (exact) mass is 357 g/mol. The van der Waals surface area contributed by atoms with Gasteiger partial charge in [-0.25, -0.2) is 4.79 Å². The topological polar surface area (TPSA) is 73.9 Å². The number of anilines is 1. The Morgan fingerprint density at radius 1 is 1.00 bits per heavy atom. The van der Waals surface area contributed by atoms with Gasteiger partial charge in [0.25, 0.3) is 5.91 Å². The molecule has 0 saturated heterocycles. The standard InChI is InChI=1S/C20H23NO5/c1-4-18(26-15-12-10-14(24-3)11-13-15)19(22)21-17-9-7-6-8-16(17)20(23)25-5-2/h6-13,18H,4-5H2,1-3H3,(H,21,22). The average Bonchev–Trinajstić information content (AvgIpc) is 2.67. The number of esters is 1. The molecule has 0 bridgehead atoms. The van der Waals surface area contributed by atoms with Gasteiger partial charge in [-0.1, -0.05) is 19.1 Å². The van der Waals surface area contributed by atoms with E-state index in [2.05, 4.69) is 5.32 Å². The highest BCUT2D eigenvalue weighted by Crippen LogP contribution is 2.21. The third-order valence-electron chi connectivity index (χ3n) is 3.68. The molecule has 26 heavy (non-hydrogen) atoms. The summed E-state index contributed by atoms with van der Waals surface area (Å²) in [6.07, 6.45) is -0.224. The van der Waals surface area contributed by atoms with Crippen LogP contribution < -0.4 is 14.8 Å². The van der Waals surface area contributed by atoms with E-state index in [0.717, 1.165) is 0 Å². The van der Waals surface area contributed by atoms with Crippen molar-refractivity contribution < 1.29 is 23.8 Å². The van der Waals surface area contributed by atoms with Crippen molar-refractivity contribution >= 4 is 17.6 Å². The highest BCUT2D eigenvalue weighted by molar-refractivity contribution is 6.02. The van der Waals surface area contributed by atoms with Crippen molar-refractivity contribution in [2.24, 2.45) is 0 Å². The lowest BCUT2D eigenvalue weighted by Gasteiger charge is -2.18. The third kappa shape index (κ3) is 4.99. The summed E-state index contributed by atoms with van der Waals surface area (Å²) < 4.78 is 15.9. The molecule has 6 nitrogen and oxygen atoms in total. The van der Waals surface area contributed by atoms with Crippen molar-refractivity contribution in [2.75, 3.05) is 19.0 Å². The third-order valence-corrected chi connectivity index (χ3v) is 3.68. The van der Waals surface area contributed by atoms with E-state index >= 15 is 0 Å². The maximum absolute atomic E-state index is 12.6. The zero-order valence-corrected chi connectivity index (χ0v) is 15.2. The number of ether oxygens (including phenoxy) is 3. The highest BCUT2D eigenvalue weighted by Gasteiger charge is 2.21. The van der Waals surface area contributed by atoms with E-state index < -0.39 is 12.1 Å². The summed E-state index contributed by atoms with van der Waals surface area (Å²) in [5, 5.41) is 2.75. The molecule has 2 aromatic carbocycles. The van der Waals surface area contributed by atoms with E-state index in [9.17, 15) is 9.59 Å². The Morgan fingerprint density at radius 3 is 2.27 bits per heavy atom. The molecular formula is C20H23NO5. The minimum absolute atomic E-state index is 0.263. The van der Waals surface area contributed by atoms with Gasteiger partial charge in [-0.3, -0.25) is 4.79 Å².